The van der Waals surface area contributed by atoms with Gasteiger partial charge in [-0.25, -0.2) is 8.78 Å². The molecule has 0 atom stereocenters. The van der Waals surface area contributed by atoms with Crippen LogP contribution in [0.5, 0.6) is 0 Å². The first-order chi connectivity index (χ1) is 9.95. The fourth-order valence-corrected chi connectivity index (χ4v) is 1.96. The van der Waals surface area contributed by atoms with Crippen LogP contribution in [0, 0.1) is 18.6 Å². The van der Waals surface area contributed by atoms with E-state index in [1.54, 1.807) is 18.2 Å². The van der Waals surface area contributed by atoms with Gasteiger partial charge in [0, 0.05) is 18.2 Å². The number of nitrogens with two attached hydrogens (primary N) is 1. The van der Waals surface area contributed by atoms with E-state index < -0.39 is 11.6 Å². The molecule has 0 aromatic heterocycles. The predicted octanol–water partition coefficient (Wildman–Crippen LogP) is 3.43. The van der Waals surface area contributed by atoms with Crippen LogP contribution in [0.2, 0.25) is 0 Å². The maximum Gasteiger partial charge on any atom is 0.224 e. The van der Waals surface area contributed by atoms with Crippen molar-refractivity contribution in [2.45, 2.75) is 19.8 Å². The largest absolute Gasteiger partial charge is 0.399 e. The molecule has 0 saturated carbocycles. The number of benzene rings is 2. The summed E-state index contributed by atoms with van der Waals surface area (Å²) >= 11 is 0. The van der Waals surface area contributed by atoms with Gasteiger partial charge in [-0.3, -0.25) is 4.79 Å². The lowest BCUT2D eigenvalue weighted by Gasteiger charge is -2.08. The SMILES string of the molecule is Cc1cc(F)c(NC(=O)CCc2cccc(N)c2)cc1F. The molecular formula is C16H16F2N2O. The number of rotatable bonds is 4. The Morgan fingerprint density at radius 1 is 1.19 bits per heavy atom. The molecule has 21 heavy (non-hydrogen) atoms. The van der Waals surface area contributed by atoms with Gasteiger partial charge in [0.1, 0.15) is 11.6 Å². The average Bonchev–Trinajstić information content (AvgIpc) is 2.43. The Bertz CT molecular complexity index is 671. The van der Waals surface area contributed by atoms with Crippen LogP contribution in [-0.4, -0.2) is 5.91 Å². The minimum atomic E-state index is -0.647. The standard InChI is InChI=1S/C16H16F2N2O/c1-10-7-14(18)15(9-13(10)17)20-16(21)6-5-11-3-2-4-12(19)8-11/h2-4,7-9H,5-6,19H2,1H3,(H,20,21). The van der Waals surface area contributed by atoms with Gasteiger partial charge < -0.3 is 11.1 Å². The second-order valence-electron chi connectivity index (χ2n) is 4.87. The van der Waals surface area contributed by atoms with Crippen LogP contribution in [0.3, 0.4) is 0 Å². The van der Waals surface area contributed by atoms with E-state index in [-0.39, 0.29) is 23.6 Å². The highest BCUT2D eigenvalue weighted by molar-refractivity contribution is 5.91. The summed E-state index contributed by atoms with van der Waals surface area (Å²) < 4.78 is 27.0. The summed E-state index contributed by atoms with van der Waals surface area (Å²) in [6.45, 7) is 1.46. The van der Waals surface area contributed by atoms with E-state index in [0.29, 0.717) is 12.1 Å². The molecule has 0 aliphatic carbocycles. The van der Waals surface area contributed by atoms with E-state index in [9.17, 15) is 13.6 Å². The predicted molar refractivity (Wildman–Crippen MR) is 78.9 cm³/mol. The molecule has 0 saturated heterocycles. The third-order valence-electron chi connectivity index (χ3n) is 3.11. The normalized spacial score (nSPS) is 10.4. The molecule has 0 aliphatic heterocycles. The van der Waals surface area contributed by atoms with Crippen LogP contribution < -0.4 is 11.1 Å². The summed E-state index contributed by atoms with van der Waals surface area (Å²) in [5, 5.41) is 2.38. The number of amides is 1. The summed E-state index contributed by atoms with van der Waals surface area (Å²) in [5.74, 6) is -1.58. The molecule has 110 valence electrons. The summed E-state index contributed by atoms with van der Waals surface area (Å²) in [5.41, 5.74) is 7.25. The van der Waals surface area contributed by atoms with Crippen LogP contribution in [0.4, 0.5) is 20.2 Å². The molecule has 0 aliphatic rings. The van der Waals surface area contributed by atoms with E-state index in [1.165, 1.54) is 6.92 Å². The van der Waals surface area contributed by atoms with Gasteiger partial charge in [-0.1, -0.05) is 12.1 Å². The topological polar surface area (TPSA) is 55.1 Å². The van der Waals surface area contributed by atoms with Gasteiger partial charge in [0.25, 0.3) is 0 Å². The number of carbonyl (C=O) groups excluding carboxylic acids is 1. The van der Waals surface area contributed by atoms with Crippen LogP contribution in [0.1, 0.15) is 17.5 Å². The number of nitrogen functional groups attached to an aromatic ring is 1. The molecule has 3 N–H and O–H groups in total. The first kappa shape index (κ1) is 15.0. The Morgan fingerprint density at radius 2 is 1.95 bits per heavy atom. The third-order valence-corrected chi connectivity index (χ3v) is 3.11. The van der Waals surface area contributed by atoms with Crippen molar-refractivity contribution in [3.8, 4) is 0 Å². The van der Waals surface area contributed by atoms with Gasteiger partial charge in [-0.2, -0.15) is 0 Å². The number of anilines is 2. The van der Waals surface area contributed by atoms with Gasteiger partial charge in [0.2, 0.25) is 5.91 Å². The van der Waals surface area contributed by atoms with Crippen molar-refractivity contribution >= 4 is 17.3 Å². The second kappa shape index (κ2) is 6.35. The van der Waals surface area contributed by atoms with Crippen molar-refractivity contribution in [2.75, 3.05) is 11.1 Å². The number of carbonyl (C=O) groups is 1. The first-order valence-electron chi connectivity index (χ1n) is 6.55. The third kappa shape index (κ3) is 4.02. The smallest absolute Gasteiger partial charge is 0.224 e. The van der Waals surface area contributed by atoms with E-state index >= 15 is 0 Å². The molecular weight excluding hydrogens is 274 g/mol. The zero-order valence-electron chi connectivity index (χ0n) is 11.6. The fraction of sp³-hybridized carbons (Fsp3) is 0.188. The molecule has 5 heteroatoms. The molecule has 0 heterocycles. The Morgan fingerprint density at radius 3 is 2.67 bits per heavy atom. The molecule has 0 fully saturated rings. The first-order valence-corrected chi connectivity index (χ1v) is 6.55. The molecule has 0 spiro atoms. The fourth-order valence-electron chi connectivity index (χ4n) is 1.96. The summed E-state index contributed by atoms with van der Waals surface area (Å²) in [4.78, 5) is 11.8. The van der Waals surface area contributed by atoms with Crippen molar-refractivity contribution < 1.29 is 13.6 Å². The Kier molecular flexibility index (Phi) is 4.52. The van der Waals surface area contributed by atoms with Crippen molar-refractivity contribution in [2.24, 2.45) is 0 Å². The minimum Gasteiger partial charge on any atom is -0.399 e. The van der Waals surface area contributed by atoms with Crippen LogP contribution in [0.15, 0.2) is 36.4 Å². The highest BCUT2D eigenvalue weighted by atomic mass is 19.1. The molecule has 0 unspecified atom stereocenters. The number of nitrogens with one attached hydrogen (secondary N) is 1. The zero-order chi connectivity index (χ0) is 15.4. The quantitative estimate of drug-likeness (QED) is 0.848. The lowest BCUT2D eigenvalue weighted by atomic mass is 10.1. The van der Waals surface area contributed by atoms with Gasteiger partial charge in [-0.15, -0.1) is 0 Å². The maximum atomic E-state index is 13.6. The van der Waals surface area contributed by atoms with Crippen LogP contribution in [0.25, 0.3) is 0 Å². The van der Waals surface area contributed by atoms with Gasteiger partial charge >= 0.3 is 0 Å². The van der Waals surface area contributed by atoms with Gasteiger partial charge in [0.15, 0.2) is 0 Å². The van der Waals surface area contributed by atoms with E-state index in [1.807, 2.05) is 6.07 Å². The van der Waals surface area contributed by atoms with Crippen molar-refractivity contribution in [3.63, 3.8) is 0 Å². The van der Waals surface area contributed by atoms with Crippen LogP contribution >= 0.6 is 0 Å². The Hall–Kier alpha value is -2.43. The summed E-state index contributed by atoms with van der Waals surface area (Å²) in [6.07, 6.45) is 0.644. The molecule has 2 aromatic rings. The minimum absolute atomic E-state index is 0.143. The van der Waals surface area contributed by atoms with Crippen molar-refractivity contribution in [3.05, 3.63) is 59.2 Å². The summed E-state index contributed by atoms with van der Waals surface area (Å²) in [6, 6.07) is 9.24. The molecule has 2 rings (SSSR count). The maximum absolute atomic E-state index is 13.6. The number of halogens is 2. The number of hydrogen-bond donors (Lipinski definition) is 2. The molecule has 0 bridgehead atoms. The van der Waals surface area contributed by atoms with Crippen molar-refractivity contribution in [1.82, 2.24) is 0 Å². The highest BCUT2D eigenvalue weighted by Gasteiger charge is 2.10. The van der Waals surface area contributed by atoms with Crippen molar-refractivity contribution in [1.29, 1.82) is 0 Å². The molecule has 2 aromatic carbocycles. The van der Waals surface area contributed by atoms with Crippen LogP contribution in [-0.2, 0) is 11.2 Å². The van der Waals surface area contributed by atoms with Gasteiger partial charge in [0.05, 0.1) is 5.69 Å². The lowest BCUT2D eigenvalue weighted by Crippen LogP contribution is -2.14. The highest BCUT2D eigenvalue weighted by Crippen LogP contribution is 2.19. The average molecular weight is 290 g/mol. The molecule has 1 amide bonds. The second-order valence-corrected chi connectivity index (χ2v) is 4.87. The van der Waals surface area contributed by atoms with E-state index in [0.717, 1.165) is 17.7 Å². The van der Waals surface area contributed by atoms with Gasteiger partial charge in [-0.05, 0) is 42.7 Å². The number of hydrogen-bond acceptors (Lipinski definition) is 2. The molecule has 0 radical (unpaired) electrons. The lowest BCUT2D eigenvalue weighted by molar-refractivity contribution is -0.116. The molecule has 3 nitrogen and oxygen atoms in total. The summed E-state index contributed by atoms with van der Waals surface area (Å²) in [7, 11) is 0. The van der Waals surface area contributed by atoms with E-state index in [4.69, 9.17) is 5.73 Å². The zero-order valence-corrected chi connectivity index (χ0v) is 11.6. The number of aryl methyl sites for hydroxylation is 2. The Labute approximate surface area is 121 Å². The Balaban J connectivity index is 1.97. The monoisotopic (exact) mass is 290 g/mol. The van der Waals surface area contributed by atoms with E-state index in [2.05, 4.69) is 5.32 Å².